The summed E-state index contributed by atoms with van der Waals surface area (Å²) in [6.07, 6.45) is -4.62. The van der Waals surface area contributed by atoms with Crippen molar-refractivity contribution in [2.24, 2.45) is 0 Å². The van der Waals surface area contributed by atoms with Gasteiger partial charge in [0.15, 0.2) is 5.82 Å². The van der Waals surface area contributed by atoms with Gasteiger partial charge in [0.25, 0.3) is 10.0 Å². The Balaban J connectivity index is 1.34. The van der Waals surface area contributed by atoms with Crippen LogP contribution < -0.4 is 14.8 Å². The van der Waals surface area contributed by atoms with Crippen LogP contribution in [0.5, 0.6) is 5.75 Å². The number of alkyl halides is 3. The smallest absolute Gasteiger partial charge is 0.492 e. The molecule has 17 heteroatoms. The zero-order valence-electron chi connectivity index (χ0n) is 23.9. The summed E-state index contributed by atoms with van der Waals surface area (Å²) in [5.74, 6) is -2.50. The Bertz CT molecular complexity index is 1860. The van der Waals surface area contributed by atoms with Crippen molar-refractivity contribution in [1.29, 1.82) is 0 Å². The Hall–Kier alpha value is -3.86. The van der Waals surface area contributed by atoms with Gasteiger partial charge < -0.3 is 14.9 Å². The average molecular weight is 686 g/mol. The first-order valence-electron chi connectivity index (χ1n) is 13.5. The molecule has 5 rings (SSSR count). The molecule has 0 spiro atoms. The van der Waals surface area contributed by atoms with Crippen molar-refractivity contribution in [3.05, 3.63) is 70.1 Å². The number of thiophene rings is 1. The van der Waals surface area contributed by atoms with Crippen molar-refractivity contribution in [1.82, 2.24) is 20.2 Å². The summed E-state index contributed by atoms with van der Waals surface area (Å²) in [5, 5.41) is 8.51. The van der Waals surface area contributed by atoms with E-state index in [1.165, 1.54) is 26.2 Å². The second-order valence-electron chi connectivity index (χ2n) is 10.4. The molecule has 45 heavy (non-hydrogen) atoms. The molecule has 0 saturated carbocycles. The fraction of sp³-hybridized carbons (Fsp3) is 0.321. The highest BCUT2D eigenvalue weighted by Gasteiger charge is 2.50. The lowest BCUT2D eigenvalue weighted by atomic mass is 9.99. The van der Waals surface area contributed by atoms with E-state index in [1.807, 2.05) is 12.1 Å². The van der Waals surface area contributed by atoms with E-state index in [9.17, 15) is 31.2 Å². The number of nitrogens with one attached hydrogen (secondary N) is 2. The zero-order valence-corrected chi connectivity index (χ0v) is 26.2. The number of amides is 1. The number of aromatic nitrogens is 2. The number of anilines is 1. The molecule has 2 N–H and O–H groups in total. The van der Waals surface area contributed by atoms with Crippen molar-refractivity contribution in [3.63, 3.8) is 0 Å². The topological polar surface area (TPSA) is 132 Å². The monoisotopic (exact) mass is 685 g/mol. The Labute approximate surface area is 264 Å². The summed E-state index contributed by atoms with van der Waals surface area (Å²) in [5.41, 5.74) is 0.577. The second-order valence-corrected chi connectivity index (χ2v) is 14.0. The van der Waals surface area contributed by atoms with Crippen molar-refractivity contribution in [3.8, 4) is 5.75 Å². The molecule has 1 fully saturated rings. The summed E-state index contributed by atoms with van der Waals surface area (Å²) in [4.78, 5) is 29.0. The van der Waals surface area contributed by atoms with Crippen molar-refractivity contribution in [2.75, 3.05) is 18.4 Å². The number of fused-ring (bicyclic) bond motifs is 1. The van der Waals surface area contributed by atoms with E-state index in [2.05, 4.69) is 20.0 Å². The highest BCUT2D eigenvalue weighted by atomic mass is 35.5. The lowest BCUT2D eigenvalue weighted by Crippen LogP contribution is -2.54. The summed E-state index contributed by atoms with van der Waals surface area (Å²) >= 11 is 6.85. The number of hydroxylamine groups is 2. The molecule has 4 aromatic rings. The minimum atomic E-state index is -5.19. The minimum absolute atomic E-state index is 0.0109. The zero-order chi connectivity index (χ0) is 32.6. The fourth-order valence-electron chi connectivity index (χ4n) is 5.03. The molecule has 1 aliphatic rings. The van der Waals surface area contributed by atoms with Gasteiger partial charge in [0.1, 0.15) is 15.5 Å². The third-order valence-electron chi connectivity index (χ3n) is 7.27. The van der Waals surface area contributed by atoms with Crippen LogP contribution >= 0.6 is 22.9 Å². The maximum atomic E-state index is 13.1. The normalized spacial score (nSPS) is 17.4. The lowest BCUT2D eigenvalue weighted by molar-refractivity contribution is -0.249. The van der Waals surface area contributed by atoms with Gasteiger partial charge in [0, 0.05) is 13.1 Å². The number of methoxy groups -OCH3 is 1. The molecule has 0 radical (unpaired) electrons. The van der Waals surface area contributed by atoms with Gasteiger partial charge in [-0.2, -0.15) is 18.3 Å². The van der Waals surface area contributed by atoms with Gasteiger partial charge in [0.05, 0.1) is 28.9 Å². The van der Waals surface area contributed by atoms with Crippen LogP contribution in [0.25, 0.3) is 10.9 Å². The number of carbonyl (C=O) groups excluding carboxylic acids is 2. The molecular formula is C28H27ClF3N5O6S2. The van der Waals surface area contributed by atoms with E-state index in [-0.39, 0.29) is 36.1 Å². The van der Waals surface area contributed by atoms with Gasteiger partial charge in [0.2, 0.25) is 5.91 Å². The molecule has 240 valence electrons. The molecule has 0 bridgehead atoms. The summed E-state index contributed by atoms with van der Waals surface area (Å²) in [7, 11) is -2.53. The van der Waals surface area contributed by atoms with Gasteiger partial charge in [-0.3, -0.25) is 14.2 Å². The number of carbonyl (C=O) groups is 2. The Kier molecular flexibility index (Phi) is 9.04. The Morgan fingerprint density at radius 1 is 1.13 bits per heavy atom. The number of rotatable bonds is 10. The molecule has 0 aliphatic carbocycles. The van der Waals surface area contributed by atoms with Crippen LogP contribution in [0.4, 0.5) is 19.0 Å². The van der Waals surface area contributed by atoms with E-state index in [0.717, 1.165) is 22.0 Å². The van der Waals surface area contributed by atoms with Gasteiger partial charge in [-0.1, -0.05) is 41.9 Å². The number of hydrogen-bond acceptors (Lipinski definition) is 9. The molecule has 1 amide bonds. The first-order chi connectivity index (χ1) is 21.2. The number of nitrogens with zero attached hydrogens (tertiary/aromatic N) is 3. The number of halogens is 4. The number of hydrogen-bond donors (Lipinski definition) is 2. The van der Waals surface area contributed by atoms with Gasteiger partial charge in [-0.05, 0) is 55.2 Å². The quantitative estimate of drug-likeness (QED) is 0.236. The van der Waals surface area contributed by atoms with Crippen LogP contribution in [0, 0.1) is 0 Å². The van der Waals surface area contributed by atoms with E-state index in [4.69, 9.17) is 16.3 Å². The highest BCUT2D eigenvalue weighted by molar-refractivity contribution is 7.94. The first-order valence-corrected chi connectivity index (χ1v) is 16.1. The van der Waals surface area contributed by atoms with Gasteiger partial charge in [-0.25, -0.2) is 13.2 Å². The van der Waals surface area contributed by atoms with E-state index >= 15 is 0 Å². The fourth-order valence-corrected chi connectivity index (χ4v) is 7.52. The van der Waals surface area contributed by atoms with E-state index in [0.29, 0.717) is 33.0 Å². The third-order valence-corrected chi connectivity index (χ3v) is 10.3. The number of sulfonamides is 1. The third kappa shape index (κ3) is 6.88. The van der Waals surface area contributed by atoms with Crippen LogP contribution in [0.1, 0.15) is 30.9 Å². The standard InChI is InChI=1S/C28H27ClF3N5O6S2/c1-27(12-5-13-37(27)43-26(39)28(30,31)32)25(38)33-15-17-6-3-7-18(14-17)16-36-19-8-4-9-20(42-2)23(19)24(34-36)35-45(40,41)22-11-10-21(29)44-22/h3-4,6-11,14H,5,12-13,15-16H2,1-2H3,(H,33,38)(H,34,35)/t27-/m0/s1. The van der Waals surface area contributed by atoms with Crippen LogP contribution in [-0.4, -0.2) is 60.5 Å². The van der Waals surface area contributed by atoms with Crippen molar-refractivity contribution < 1.29 is 40.8 Å². The molecule has 1 aliphatic heterocycles. The molecule has 2 aromatic carbocycles. The van der Waals surface area contributed by atoms with Crippen molar-refractivity contribution >= 4 is 61.6 Å². The largest absolute Gasteiger partial charge is 0.496 e. The van der Waals surface area contributed by atoms with Crippen LogP contribution in [0.3, 0.4) is 0 Å². The average Bonchev–Trinajstić information content (AvgIpc) is 3.69. The molecule has 1 atom stereocenters. The first kappa shape index (κ1) is 32.5. The predicted molar refractivity (Wildman–Crippen MR) is 160 cm³/mol. The van der Waals surface area contributed by atoms with Crippen molar-refractivity contribution in [2.45, 2.75) is 48.8 Å². The summed E-state index contributed by atoms with van der Waals surface area (Å²) in [6.45, 7) is 1.68. The van der Waals surface area contributed by atoms with Crippen LogP contribution in [-0.2, 0) is 37.5 Å². The van der Waals surface area contributed by atoms with Crippen LogP contribution in [0.15, 0.2) is 58.8 Å². The Morgan fingerprint density at radius 2 is 1.87 bits per heavy atom. The Morgan fingerprint density at radius 3 is 2.56 bits per heavy atom. The van der Waals surface area contributed by atoms with Gasteiger partial charge in [-0.15, -0.1) is 16.4 Å². The number of ether oxygens (including phenoxy) is 1. The summed E-state index contributed by atoms with van der Waals surface area (Å²) in [6, 6.07) is 15.3. The maximum absolute atomic E-state index is 13.1. The molecule has 1 saturated heterocycles. The second kappa shape index (κ2) is 12.5. The van der Waals surface area contributed by atoms with E-state index < -0.39 is 33.6 Å². The SMILES string of the molecule is COc1cccc2c1c(NS(=O)(=O)c1ccc(Cl)s1)nn2Cc1cccc(CNC(=O)[C@]2(C)CCCN2OC(=O)C(F)(F)F)c1. The lowest BCUT2D eigenvalue weighted by Gasteiger charge is -2.32. The van der Waals surface area contributed by atoms with E-state index in [1.54, 1.807) is 35.0 Å². The predicted octanol–water partition coefficient (Wildman–Crippen LogP) is 5.10. The number of benzene rings is 2. The minimum Gasteiger partial charge on any atom is -0.496 e. The molecule has 2 aromatic heterocycles. The molecule has 3 heterocycles. The molecular weight excluding hydrogens is 659 g/mol. The molecule has 11 nitrogen and oxygen atoms in total. The van der Waals surface area contributed by atoms with Gasteiger partial charge >= 0.3 is 12.1 Å². The van der Waals surface area contributed by atoms with Crippen LogP contribution in [0.2, 0.25) is 4.34 Å². The maximum Gasteiger partial charge on any atom is 0.492 e. The highest BCUT2D eigenvalue weighted by Crippen LogP contribution is 2.35. The summed E-state index contributed by atoms with van der Waals surface area (Å²) < 4.78 is 74.3. The molecule has 0 unspecified atom stereocenters.